The molecule has 1 heteroatoms. The van der Waals surface area contributed by atoms with Crippen LogP contribution in [0.3, 0.4) is 0 Å². The number of aromatic nitrogens is 1. The van der Waals surface area contributed by atoms with E-state index in [4.69, 9.17) is 4.98 Å². The molecule has 0 unspecified atom stereocenters. The Balaban J connectivity index is 2.35. The van der Waals surface area contributed by atoms with E-state index in [1.807, 2.05) is 6.20 Å². The molecule has 0 N–H and O–H groups in total. The maximum atomic E-state index is 4.85. The van der Waals surface area contributed by atoms with Gasteiger partial charge in [-0.3, -0.25) is 4.98 Å². The summed E-state index contributed by atoms with van der Waals surface area (Å²) in [6, 6.07) is 17.6. The third kappa shape index (κ3) is 3.67. The van der Waals surface area contributed by atoms with E-state index >= 15 is 0 Å². The molecule has 0 bridgehead atoms. The highest BCUT2D eigenvalue weighted by Crippen LogP contribution is 2.40. The van der Waals surface area contributed by atoms with Crippen LogP contribution in [0.4, 0.5) is 0 Å². The third-order valence-corrected chi connectivity index (χ3v) is 6.15. The fraction of sp³-hybridized carbons (Fsp3) is 0.296. The Morgan fingerprint density at radius 1 is 1.00 bits per heavy atom. The topological polar surface area (TPSA) is 12.9 Å². The van der Waals surface area contributed by atoms with E-state index in [0.29, 0.717) is 0 Å². The normalized spacial score (nSPS) is 12.8. The molecule has 0 saturated heterocycles. The summed E-state index contributed by atoms with van der Waals surface area (Å²) in [5, 5.41) is 2.45. The quantitative estimate of drug-likeness (QED) is 0.402. The van der Waals surface area contributed by atoms with Crippen molar-refractivity contribution in [3.05, 3.63) is 84.1 Å². The van der Waals surface area contributed by atoms with Gasteiger partial charge < -0.3 is 0 Å². The summed E-state index contributed by atoms with van der Waals surface area (Å²) in [7, 11) is 0. The van der Waals surface area contributed by atoms with Crippen LogP contribution in [0.5, 0.6) is 0 Å². The summed E-state index contributed by atoms with van der Waals surface area (Å²) in [4.78, 5) is 4.85. The van der Waals surface area contributed by atoms with Gasteiger partial charge in [0.1, 0.15) is 0 Å². The Bertz CT molecular complexity index is 1010. The van der Waals surface area contributed by atoms with E-state index in [1.54, 1.807) is 0 Å². The number of fused-ring (bicyclic) bond motifs is 1. The summed E-state index contributed by atoms with van der Waals surface area (Å²) in [6.07, 6.45) is 10.6. The molecule has 2 aromatic carbocycles. The standard InChI is InChI=1S/C27H31N/c1-6-12-20(7-2)22-15-16-25(27(5,8-3)9-4)24(19-22)26-23-14-11-10-13-21(23)17-18-28-26/h6-7,10-19H,8-9H2,1-5H3. The van der Waals surface area contributed by atoms with Gasteiger partial charge in [-0.05, 0) is 66.3 Å². The minimum absolute atomic E-state index is 0.128. The number of nitrogens with zero attached hydrogens (tertiary/aromatic N) is 1. The second kappa shape index (κ2) is 8.56. The van der Waals surface area contributed by atoms with E-state index in [1.165, 1.54) is 33.0 Å². The van der Waals surface area contributed by atoms with Crippen LogP contribution in [0.15, 0.2) is 73.0 Å². The zero-order valence-electron chi connectivity index (χ0n) is 17.8. The van der Waals surface area contributed by atoms with Crippen molar-refractivity contribution in [2.75, 3.05) is 0 Å². The van der Waals surface area contributed by atoms with Gasteiger partial charge in [0.2, 0.25) is 0 Å². The Morgan fingerprint density at radius 3 is 2.43 bits per heavy atom. The summed E-state index contributed by atoms with van der Waals surface area (Å²) < 4.78 is 0. The smallest absolute Gasteiger partial charge is 0.0783 e. The van der Waals surface area contributed by atoms with E-state index < -0.39 is 0 Å². The van der Waals surface area contributed by atoms with E-state index in [-0.39, 0.29) is 5.41 Å². The highest BCUT2D eigenvalue weighted by Gasteiger charge is 2.27. The first kappa shape index (κ1) is 20.1. The first-order chi connectivity index (χ1) is 13.6. The van der Waals surface area contributed by atoms with Gasteiger partial charge in [-0.1, -0.05) is 75.4 Å². The lowest BCUT2D eigenvalue weighted by atomic mass is 9.74. The molecule has 3 rings (SSSR count). The molecule has 1 aromatic heterocycles. The molecule has 0 aliphatic rings. The van der Waals surface area contributed by atoms with Crippen molar-refractivity contribution in [3.8, 4) is 11.3 Å². The lowest BCUT2D eigenvalue weighted by Crippen LogP contribution is -2.21. The average molecular weight is 370 g/mol. The minimum atomic E-state index is 0.128. The van der Waals surface area contributed by atoms with Crippen LogP contribution in [0, 0.1) is 0 Å². The fourth-order valence-electron chi connectivity index (χ4n) is 3.95. The van der Waals surface area contributed by atoms with Gasteiger partial charge in [-0.25, -0.2) is 0 Å². The van der Waals surface area contributed by atoms with E-state index in [9.17, 15) is 0 Å². The van der Waals surface area contributed by atoms with Gasteiger partial charge in [0.05, 0.1) is 5.69 Å². The molecule has 28 heavy (non-hydrogen) atoms. The molecular weight excluding hydrogens is 338 g/mol. The van der Waals surface area contributed by atoms with Gasteiger partial charge in [0, 0.05) is 17.1 Å². The maximum Gasteiger partial charge on any atom is 0.0783 e. The molecule has 0 atom stereocenters. The van der Waals surface area contributed by atoms with Crippen molar-refractivity contribution < 1.29 is 0 Å². The number of hydrogen-bond donors (Lipinski definition) is 0. The molecule has 144 valence electrons. The average Bonchev–Trinajstić information content (AvgIpc) is 2.76. The first-order valence-electron chi connectivity index (χ1n) is 10.4. The second-order valence-electron chi connectivity index (χ2n) is 7.65. The van der Waals surface area contributed by atoms with Crippen LogP contribution in [-0.4, -0.2) is 4.98 Å². The zero-order valence-corrected chi connectivity index (χ0v) is 17.8. The second-order valence-corrected chi connectivity index (χ2v) is 7.65. The SMILES string of the molecule is CC=CC(=CC)c1ccc(C(C)(CC)CC)c(-c2nccc3ccccc23)c1. The molecule has 0 fully saturated rings. The molecule has 3 aromatic rings. The maximum absolute atomic E-state index is 4.85. The monoisotopic (exact) mass is 369 g/mol. The van der Waals surface area contributed by atoms with Crippen molar-refractivity contribution in [1.82, 2.24) is 4.98 Å². The van der Waals surface area contributed by atoms with Crippen LogP contribution in [-0.2, 0) is 5.41 Å². The molecule has 0 spiro atoms. The number of allylic oxidation sites excluding steroid dienone is 4. The molecule has 1 nitrogen and oxygen atoms in total. The summed E-state index contributed by atoms with van der Waals surface area (Å²) in [5.74, 6) is 0. The van der Waals surface area contributed by atoms with Crippen molar-refractivity contribution in [2.24, 2.45) is 0 Å². The van der Waals surface area contributed by atoms with Crippen molar-refractivity contribution >= 4 is 16.3 Å². The summed E-state index contributed by atoms with van der Waals surface area (Å²) in [5.41, 5.74) is 6.33. The predicted octanol–water partition coefficient (Wildman–Crippen LogP) is 7.96. The van der Waals surface area contributed by atoms with Gasteiger partial charge in [0.25, 0.3) is 0 Å². The number of hydrogen-bond acceptors (Lipinski definition) is 1. The van der Waals surface area contributed by atoms with Crippen molar-refractivity contribution in [1.29, 1.82) is 0 Å². The highest BCUT2D eigenvalue weighted by atomic mass is 14.7. The predicted molar refractivity (Wildman–Crippen MR) is 124 cm³/mol. The summed E-state index contributed by atoms with van der Waals surface area (Å²) >= 11 is 0. The number of pyridine rings is 1. The molecule has 0 aliphatic carbocycles. The Morgan fingerprint density at radius 2 is 1.75 bits per heavy atom. The Kier molecular flexibility index (Phi) is 6.14. The third-order valence-electron chi connectivity index (χ3n) is 6.15. The van der Waals surface area contributed by atoms with Crippen LogP contribution in [0.25, 0.3) is 27.6 Å². The fourth-order valence-corrected chi connectivity index (χ4v) is 3.95. The highest BCUT2D eigenvalue weighted by molar-refractivity contribution is 5.96. The van der Waals surface area contributed by atoms with Crippen LogP contribution in [0.2, 0.25) is 0 Å². The lowest BCUT2D eigenvalue weighted by Gasteiger charge is -2.30. The number of rotatable bonds is 6. The van der Waals surface area contributed by atoms with Gasteiger partial charge in [-0.15, -0.1) is 0 Å². The molecule has 0 saturated carbocycles. The van der Waals surface area contributed by atoms with Gasteiger partial charge in [0.15, 0.2) is 0 Å². The Hall–Kier alpha value is -2.67. The molecule has 0 aliphatic heterocycles. The van der Waals surface area contributed by atoms with E-state index in [0.717, 1.165) is 18.5 Å². The van der Waals surface area contributed by atoms with Crippen molar-refractivity contribution in [2.45, 2.75) is 52.9 Å². The van der Waals surface area contributed by atoms with Crippen LogP contribution < -0.4 is 0 Å². The molecule has 0 amide bonds. The van der Waals surface area contributed by atoms with Gasteiger partial charge in [-0.2, -0.15) is 0 Å². The summed E-state index contributed by atoms with van der Waals surface area (Å²) in [6.45, 7) is 11.1. The van der Waals surface area contributed by atoms with Gasteiger partial charge >= 0.3 is 0 Å². The van der Waals surface area contributed by atoms with Crippen LogP contribution in [0.1, 0.15) is 58.6 Å². The zero-order chi connectivity index (χ0) is 20.1. The first-order valence-corrected chi connectivity index (χ1v) is 10.4. The molecule has 0 radical (unpaired) electrons. The van der Waals surface area contributed by atoms with Crippen molar-refractivity contribution in [3.63, 3.8) is 0 Å². The van der Waals surface area contributed by atoms with Crippen LogP contribution >= 0.6 is 0 Å². The minimum Gasteiger partial charge on any atom is -0.256 e. The largest absolute Gasteiger partial charge is 0.256 e. The Labute approximate surface area is 169 Å². The molecular formula is C27H31N. The molecule has 1 heterocycles. The lowest BCUT2D eigenvalue weighted by molar-refractivity contribution is 0.440. The van der Waals surface area contributed by atoms with E-state index in [2.05, 4.69) is 101 Å². The number of benzene rings is 2.